The zero-order valence-corrected chi connectivity index (χ0v) is 23.4. The van der Waals surface area contributed by atoms with Gasteiger partial charge in [-0.25, -0.2) is 0 Å². The van der Waals surface area contributed by atoms with Crippen molar-refractivity contribution in [1.82, 2.24) is 14.7 Å². The van der Waals surface area contributed by atoms with Crippen LogP contribution in [0.3, 0.4) is 0 Å². The predicted octanol–water partition coefficient (Wildman–Crippen LogP) is 6.23. The Balaban J connectivity index is 0.946. The Morgan fingerprint density at radius 2 is 1.36 bits per heavy atom. The van der Waals surface area contributed by atoms with Crippen molar-refractivity contribution < 1.29 is 4.79 Å². The number of allylic oxidation sites excluding steroid dienone is 1. The topological polar surface area (TPSA) is 30.0 Å². The van der Waals surface area contributed by atoms with Gasteiger partial charge in [0, 0.05) is 49.7 Å². The van der Waals surface area contributed by atoms with Gasteiger partial charge < -0.3 is 9.80 Å². The van der Waals surface area contributed by atoms with E-state index in [1.54, 1.807) is 0 Å². The summed E-state index contributed by atoms with van der Waals surface area (Å²) in [4.78, 5) is 21.1. The number of piperazine rings is 1. The third-order valence-corrected chi connectivity index (χ3v) is 9.91. The van der Waals surface area contributed by atoms with Gasteiger partial charge in [0.15, 0.2) is 0 Å². The Hall–Kier alpha value is -3.35. The molecular formula is C33H38N4OS. The number of nitrogens with zero attached hydrogens (tertiary/aromatic N) is 4. The molecule has 3 aromatic carbocycles. The molecular weight excluding hydrogens is 500 g/mol. The molecule has 1 unspecified atom stereocenters. The molecule has 1 atom stereocenters. The van der Waals surface area contributed by atoms with E-state index in [0.29, 0.717) is 0 Å². The van der Waals surface area contributed by atoms with E-state index in [-0.39, 0.29) is 16.6 Å². The molecule has 0 aromatic heterocycles. The average molecular weight is 539 g/mol. The smallest absolute Gasteiger partial charge is 0.254 e. The molecule has 5 nitrogen and oxygen atoms in total. The SMILES string of the molecule is O=C1c2ccccc2CN1CCCCCCN1CCN(C2=CC=S(c3ccccc3)N2c2ccccc2)CC1. The van der Waals surface area contributed by atoms with Crippen LogP contribution in [0, 0.1) is 0 Å². The molecule has 3 aliphatic heterocycles. The maximum Gasteiger partial charge on any atom is 0.254 e. The van der Waals surface area contributed by atoms with Gasteiger partial charge in [-0.05, 0) is 66.7 Å². The van der Waals surface area contributed by atoms with Gasteiger partial charge in [-0.2, -0.15) is 0 Å². The maximum absolute atomic E-state index is 12.5. The first-order valence-electron chi connectivity index (χ1n) is 14.3. The Morgan fingerprint density at radius 3 is 2.10 bits per heavy atom. The summed E-state index contributed by atoms with van der Waals surface area (Å²) >= 11 is 0. The number of unbranched alkanes of at least 4 members (excludes halogenated alkanes) is 3. The van der Waals surface area contributed by atoms with Gasteiger partial charge in [0.05, 0.1) is 5.69 Å². The van der Waals surface area contributed by atoms with E-state index in [2.05, 4.69) is 92.3 Å². The van der Waals surface area contributed by atoms with Gasteiger partial charge >= 0.3 is 0 Å². The third-order valence-electron chi connectivity index (χ3n) is 7.97. The van der Waals surface area contributed by atoms with Gasteiger partial charge in [0.2, 0.25) is 0 Å². The zero-order valence-electron chi connectivity index (χ0n) is 22.6. The number of fused-ring (bicyclic) bond motifs is 1. The Morgan fingerprint density at radius 1 is 0.692 bits per heavy atom. The van der Waals surface area contributed by atoms with Crippen LogP contribution in [-0.4, -0.2) is 65.2 Å². The number of rotatable bonds is 10. The Bertz CT molecular complexity index is 1330. The van der Waals surface area contributed by atoms with Crippen LogP contribution >= 0.6 is 10.7 Å². The lowest BCUT2D eigenvalue weighted by Gasteiger charge is -2.40. The summed E-state index contributed by atoms with van der Waals surface area (Å²) in [5.74, 6) is 1.53. The quantitative estimate of drug-likeness (QED) is 0.226. The molecule has 6 rings (SSSR count). The van der Waals surface area contributed by atoms with Crippen LogP contribution in [-0.2, 0) is 6.54 Å². The van der Waals surface area contributed by atoms with Crippen LogP contribution < -0.4 is 4.31 Å². The van der Waals surface area contributed by atoms with Gasteiger partial charge in [-0.3, -0.25) is 14.0 Å². The fourth-order valence-corrected chi connectivity index (χ4v) is 7.73. The predicted molar refractivity (Wildman–Crippen MR) is 163 cm³/mol. The van der Waals surface area contributed by atoms with Crippen molar-refractivity contribution in [3.63, 3.8) is 0 Å². The Labute approximate surface area is 235 Å². The second-order valence-electron chi connectivity index (χ2n) is 10.5. The normalized spacial score (nSPS) is 19.3. The summed E-state index contributed by atoms with van der Waals surface area (Å²) < 4.78 is 2.52. The first-order valence-corrected chi connectivity index (χ1v) is 15.6. The van der Waals surface area contributed by atoms with Crippen molar-refractivity contribution in [2.45, 2.75) is 37.1 Å². The van der Waals surface area contributed by atoms with Gasteiger partial charge in [0.1, 0.15) is 5.82 Å². The van der Waals surface area contributed by atoms with Crippen molar-refractivity contribution in [2.24, 2.45) is 0 Å². The minimum atomic E-state index is -0.107. The van der Waals surface area contributed by atoms with E-state index in [0.717, 1.165) is 51.3 Å². The molecule has 0 radical (unpaired) electrons. The van der Waals surface area contributed by atoms with E-state index in [1.165, 1.54) is 47.8 Å². The number of benzene rings is 3. The molecule has 202 valence electrons. The van der Waals surface area contributed by atoms with Crippen LogP contribution in [0.25, 0.3) is 0 Å². The maximum atomic E-state index is 12.5. The number of hydrogen-bond donors (Lipinski definition) is 0. The molecule has 3 aliphatic rings. The van der Waals surface area contributed by atoms with Gasteiger partial charge in [0.25, 0.3) is 5.91 Å². The first-order chi connectivity index (χ1) is 19.3. The summed E-state index contributed by atoms with van der Waals surface area (Å²) in [7, 11) is -0.107. The summed E-state index contributed by atoms with van der Waals surface area (Å²) in [5, 5.41) is 2.37. The van der Waals surface area contributed by atoms with Crippen molar-refractivity contribution in [1.29, 1.82) is 0 Å². The fraction of sp³-hybridized carbons (Fsp3) is 0.333. The van der Waals surface area contributed by atoms with Crippen molar-refractivity contribution in [3.8, 4) is 0 Å². The largest absolute Gasteiger partial charge is 0.355 e. The van der Waals surface area contributed by atoms with Crippen molar-refractivity contribution >= 4 is 27.6 Å². The molecule has 3 heterocycles. The lowest BCUT2D eigenvalue weighted by molar-refractivity contribution is 0.0775. The highest BCUT2D eigenvalue weighted by Crippen LogP contribution is 2.42. The minimum absolute atomic E-state index is 0.107. The highest BCUT2D eigenvalue weighted by molar-refractivity contribution is 8.16. The standard InChI is InChI=1S/C33H38N4OS/c38-33-31-18-10-9-13-28(31)27-36(33)21-12-2-1-11-20-34-22-24-35(25-23-34)32-19-26-39(30-16-7-4-8-17-30)37(32)29-14-5-3-6-15-29/h3-10,13-19,26H,1-2,11-12,20-25,27H2. The first kappa shape index (κ1) is 25.9. The molecule has 0 saturated carbocycles. The molecule has 1 fully saturated rings. The van der Waals surface area contributed by atoms with Crippen molar-refractivity contribution in [2.75, 3.05) is 43.6 Å². The van der Waals surface area contributed by atoms with E-state index in [4.69, 9.17) is 0 Å². The van der Waals surface area contributed by atoms with E-state index in [1.807, 2.05) is 23.1 Å². The van der Waals surface area contributed by atoms with Gasteiger partial charge in [-0.1, -0.05) is 78.1 Å². The molecule has 6 heteroatoms. The van der Waals surface area contributed by atoms with E-state index >= 15 is 0 Å². The van der Waals surface area contributed by atoms with E-state index < -0.39 is 0 Å². The van der Waals surface area contributed by atoms with Crippen LogP contribution in [0.2, 0.25) is 0 Å². The summed E-state index contributed by atoms with van der Waals surface area (Å²) in [6.45, 7) is 7.17. The number of anilines is 1. The minimum Gasteiger partial charge on any atom is -0.355 e. The van der Waals surface area contributed by atoms with Crippen LogP contribution in [0.1, 0.15) is 41.6 Å². The van der Waals surface area contributed by atoms with E-state index in [9.17, 15) is 4.79 Å². The highest BCUT2D eigenvalue weighted by atomic mass is 32.2. The zero-order chi connectivity index (χ0) is 26.4. The lowest BCUT2D eigenvalue weighted by atomic mass is 10.1. The second kappa shape index (κ2) is 12.2. The number of amides is 1. The summed E-state index contributed by atoms with van der Waals surface area (Å²) in [5.41, 5.74) is 3.33. The molecule has 1 saturated heterocycles. The molecule has 0 spiro atoms. The highest BCUT2D eigenvalue weighted by Gasteiger charge is 2.28. The fourth-order valence-electron chi connectivity index (χ4n) is 5.83. The Kier molecular flexibility index (Phi) is 8.12. The molecule has 3 aromatic rings. The molecule has 0 bridgehead atoms. The molecule has 1 amide bonds. The number of carbonyl (C=O) groups excluding carboxylic acids is 1. The monoisotopic (exact) mass is 538 g/mol. The summed E-state index contributed by atoms with van der Waals surface area (Å²) in [6, 6.07) is 29.7. The number of para-hydroxylation sites is 1. The number of hydrogen-bond acceptors (Lipinski definition) is 4. The lowest BCUT2D eigenvalue weighted by Crippen LogP contribution is -2.47. The second-order valence-corrected chi connectivity index (χ2v) is 12.3. The average Bonchev–Trinajstić information content (AvgIpc) is 3.58. The number of carbonyl (C=O) groups is 1. The van der Waals surface area contributed by atoms with Gasteiger partial charge in [-0.15, -0.1) is 0 Å². The third kappa shape index (κ3) is 5.82. The molecule has 0 N–H and O–H groups in total. The van der Waals surface area contributed by atoms with Crippen LogP contribution in [0.5, 0.6) is 0 Å². The molecule has 0 aliphatic carbocycles. The van der Waals surface area contributed by atoms with Crippen molar-refractivity contribution in [3.05, 3.63) is 108 Å². The summed E-state index contributed by atoms with van der Waals surface area (Å²) in [6.07, 6.45) is 7.09. The van der Waals surface area contributed by atoms with Crippen LogP contribution in [0.4, 0.5) is 5.69 Å². The van der Waals surface area contributed by atoms with Crippen LogP contribution in [0.15, 0.2) is 102 Å². The molecule has 39 heavy (non-hydrogen) atoms.